The molecule has 0 aliphatic heterocycles. The molecule has 1 atom stereocenters. The van der Waals surface area contributed by atoms with E-state index in [1.165, 1.54) is 0 Å². The lowest BCUT2D eigenvalue weighted by atomic mass is 10.0. The SMILES string of the molecule is COc1cnccc1C(O)Cc1ccsc1. The summed E-state index contributed by atoms with van der Waals surface area (Å²) in [5.74, 6) is 0.630. The third kappa shape index (κ3) is 2.40. The molecule has 0 fully saturated rings. The van der Waals surface area contributed by atoms with E-state index >= 15 is 0 Å². The van der Waals surface area contributed by atoms with Crippen LogP contribution in [-0.2, 0) is 6.42 Å². The molecule has 2 heterocycles. The summed E-state index contributed by atoms with van der Waals surface area (Å²) in [7, 11) is 1.58. The van der Waals surface area contributed by atoms with Crippen molar-refractivity contribution in [1.82, 2.24) is 4.98 Å². The van der Waals surface area contributed by atoms with Crippen LogP contribution in [0.5, 0.6) is 5.75 Å². The van der Waals surface area contributed by atoms with E-state index in [4.69, 9.17) is 4.74 Å². The van der Waals surface area contributed by atoms with Crippen LogP contribution in [0.4, 0.5) is 0 Å². The Morgan fingerprint density at radius 2 is 2.38 bits per heavy atom. The molecule has 3 nitrogen and oxygen atoms in total. The van der Waals surface area contributed by atoms with Gasteiger partial charge in [-0.1, -0.05) is 0 Å². The van der Waals surface area contributed by atoms with Gasteiger partial charge in [0, 0.05) is 18.2 Å². The molecule has 4 heteroatoms. The maximum Gasteiger partial charge on any atom is 0.142 e. The van der Waals surface area contributed by atoms with E-state index in [9.17, 15) is 5.11 Å². The van der Waals surface area contributed by atoms with Crippen LogP contribution in [0, 0.1) is 0 Å². The summed E-state index contributed by atoms with van der Waals surface area (Å²) in [6, 6.07) is 3.80. The Morgan fingerprint density at radius 1 is 1.50 bits per heavy atom. The monoisotopic (exact) mass is 235 g/mol. The Kier molecular flexibility index (Phi) is 3.54. The van der Waals surface area contributed by atoms with E-state index in [0.29, 0.717) is 12.2 Å². The van der Waals surface area contributed by atoms with Crippen LogP contribution in [0.2, 0.25) is 0 Å². The Bertz CT molecular complexity index is 442. The summed E-state index contributed by atoms with van der Waals surface area (Å²) in [6.07, 6.45) is 3.33. The zero-order chi connectivity index (χ0) is 11.4. The number of aliphatic hydroxyl groups is 1. The first-order valence-electron chi connectivity index (χ1n) is 4.98. The Labute approximate surface area is 98.4 Å². The number of methoxy groups -OCH3 is 1. The van der Waals surface area contributed by atoms with Gasteiger partial charge in [-0.2, -0.15) is 11.3 Å². The zero-order valence-corrected chi connectivity index (χ0v) is 9.78. The van der Waals surface area contributed by atoms with Crippen molar-refractivity contribution in [3.8, 4) is 5.75 Å². The van der Waals surface area contributed by atoms with E-state index in [1.54, 1.807) is 36.9 Å². The number of pyridine rings is 1. The highest BCUT2D eigenvalue weighted by atomic mass is 32.1. The van der Waals surface area contributed by atoms with Crippen molar-refractivity contribution in [2.45, 2.75) is 12.5 Å². The number of ether oxygens (including phenoxy) is 1. The van der Waals surface area contributed by atoms with Crippen LogP contribution in [0.1, 0.15) is 17.2 Å². The van der Waals surface area contributed by atoms with Gasteiger partial charge in [-0.05, 0) is 28.5 Å². The number of aliphatic hydroxyl groups excluding tert-OH is 1. The fraction of sp³-hybridized carbons (Fsp3) is 0.250. The second-order valence-electron chi connectivity index (χ2n) is 3.47. The molecule has 0 bridgehead atoms. The molecule has 0 saturated carbocycles. The normalized spacial score (nSPS) is 12.4. The van der Waals surface area contributed by atoms with Crippen LogP contribution >= 0.6 is 11.3 Å². The van der Waals surface area contributed by atoms with Gasteiger partial charge in [0.1, 0.15) is 5.75 Å². The van der Waals surface area contributed by atoms with E-state index in [0.717, 1.165) is 11.1 Å². The van der Waals surface area contributed by atoms with Crippen molar-refractivity contribution in [2.75, 3.05) is 7.11 Å². The van der Waals surface area contributed by atoms with Gasteiger partial charge in [0.15, 0.2) is 0 Å². The lowest BCUT2D eigenvalue weighted by molar-refractivity contribution is 0.174. The van der Waals surface area contributed by atoms with Crippen LogP contribution in [0.15, 0.2) is 35.3 Å². The second-order valence-corrected chi connectivity index (χ2v) is 4.25. The first kappa shape index (κ1) is 11.1. The molecule has 0 radical (unpaired) electrons. The smallest absolute Gasteiger partial charge is 0.142 e. The first-order chi connectivity index (χ1) is 7.81. The molecule has 1 N–H and O–H groups in total. The lowest BCUT2D eigenvalue weighted by Crippen LogP contribution is -2.03. The Balaban J connectivity index is 2.17. The predicted octanol–water partition coefficient (Wildman–Crippen LogP) is 2.43. The van der Waals surface area contributed by atoms with Gasteiger partial charge in [-0.25, -0.2) is 0 Å². The van der Waals surface area contributed by atoms with Crippen LogP contribution in [0.3, 0.4) is 0 Å². The van der Waals surface area contributed by atoms with Crippen LogP contribution < -0.4 is 4.74 Å². The highest BCUT2D eigenvalue weighted by Gasteiger charge is 2.13. The number of thiophene rings is 1. The summed E-state index contributed by atoms with van der Waals surface area (Å²) in [5, 5.41) is 14.1. The van der Waals surface area contributed by atoms with Crippen LogP contribution in [-0.4, -0.2) is 17.2 Å². The van der Waals surface area contributed by atoms with Crippen molar-refractivity contribution >= 4 is 11.3 Å². The molecular formula is C12H13NO2S. The number of hydrogen-bond acceptors (Lipinski definition) is 4. The van der Waals surface area contributed by atoms with Gasteiger partial charge in [-0.15, -0.1) is 0 Å². The van der Waals surface area contributed by atoms with Crippen molar-refractivity contribution in [2.24, 2.45) is 0 Å². The molecular weight excluding hydrogens is 222 g/mol. The fourth-order valence-corrected chi connectivity index (χ4v) is 2.26. The quantitative estimate of drug-likeness (QED) is 0.885. The van der Waals surface area contributed by atoms with Gasteiger partial charge in [0.2, 0.25) is 0 Å². The van der Waals surface area contributed by atoms with E-state index in [1.807, 2.05) is 16.8 Å². The lowest BCUT2D eigenvalue weighted by Gasteiger charge is -2.13. The first-order valence-corrected chi connectivity index (χ1v) is 5.92. The van der Waals surface area contributed by atoms with E-state index in [2.05, 4.69) is 4.98 Å². The minimum absolute atomic E-state index is 0.549. The molecule has 84 valence electrons. The molecule has 2 rings (SSSR count). The largest absolute Gasteiger partial charge is 0.495 e. The average molecular weight is 235 g/mol. The maximum absolute atomic E-state index is 10.1. The molecule has 0 aromatic carbocycles. The minimum atomic E-state index is -0.549. The summed E-state index contributed by atoms with van der Waals surface area (Å²) in [6.45, 7) is 0. The van der Waals surface area contributed by atoms with Crippen molar-refractivity contribution < 1.29 is 9.84 Å². The predicted molar refractivity (Wildman–Crippen MR) is 63.8 cm³/mol. The molecule has 0 spiro atoms. The summed E-state index contributed by atoms with van der Waals surface area (Å²) >= 11 is 1.63. The second kappa shape index (κ2) is 5.09. The summed E-state index contributed by atoms with van der Waals surface area (Å²) < 4.78 is 5.17. The Morgan fingerprint density at radius 3 is 3.06 bits per heavy atom. The highest BCUT2D eigenvalue weighted by Crippen LogP contribution is 2.26. The molecule has 16 heavy (non-hydrogen) atoms. The highest BCUT2D eigenvalue weighted by molar-refractivity contribution is 7.07. The van der Waals surface area contributed by atoms with E-state index < -0.39 is 6.10 Å². The maximum atomic E-state index is 10.1. The fourth-order valence-electron chi connectivity index (χ4n) is 1.58. The molecule has 0 amide bonds. The third-order valence-corrected chi connectivity index (χ3v) is 3.14. The molecule has 2 aromatic rings. The number of rotatable bonds is 4. The molecule has 2 aromatic heterocycles. The number of hydrogen-bond donors (Lipinski definition) is 1. The van der Waals surface area contributed by atoms with Gasteiger partial charge in [0.25, 0.3) is 0 Å². The van der Waals surface area contributed by atoms with Gasteiger partial charge >= 0.3 is 0 Å². The topological polar surface area (TPSA) is 42.4 Å². The van der Waals surface area contributed by atoms with Crippen molar-refractivity contribution in [3.63, 3.8) is 0 Å². The number of nitrogens with zero attached hydrogens (tertiary/aromatic N) is 1. The average Bonchev–Trinajstić information content (AvgIpc) is 2.81. The summed E-state index contributed by atoms with van der Waals surface area (Å²) in [4.78, 5) is 3.96. The van der Waals surface area contributed by atoms with Gasteiger partial charge in [-0.3, -0.25) is 4.98 Å². The zero-order valence-electron chi connectivity index (χ0n) is 8.96. The van der Waals surface area contributed by atoms with Gasteiger partial charge in [0.05, 0.1) is 19.4 Å². The Hall–Kier alpha value is -1.39. The number of aromatic nitrogens is 1. The minimum Gasteiger partial charge on any atom is -0.495 e. The molecule has 0 aliphatic rings. The van der Waals surface area contributed by atoms with Crippen LogP contribution in [0.25, 0.3) is 0 Å². The standard InChI is InChI=1S/C12H13NO2S/c1-15-12-7-13-4-2-10(12)11(14)6-9-3-5-16-8-9/h2-5,7-8,11,14H,6H2,1H3. The third-order valence-electron chi connectivity index (χ3n) is 2.40. The van der Waals surface area contributed by atoms with Crippen molar-refractivity contribution in [3.05, 3.63) is 46.4 Å². The van der Waals surface area contributed by atoms with Crippen molar-refractivity contribution in [1.29, 1.82) is 0 Å². The molecule has 0 saturated heterocycles. The van der Waals surface area contributed by atoms with E-state index in [-0.39, 0.29) is 0 Å². The molecule has 1 unspecified atom stereocenters. The van der Waals surface area contributed by atoms with Gasteiger partial charge < -0.3 is 9.84 Å². The summed E-state index contributed by atoms with van der Waals surface area (Å²) in [5.41, 5.74) is 1.92. The molecule has 0 aliphatic carbocycles.